The average Bonchev–Trinajstić information content (AvgIpc) is 3.65. The lowest BCUT2D eigenvalue weighted by Crippen LogP contribution is -2.37. The van der Waals surface area contributed by atoms with Gasteiger partial charge in [0, 0.05) is 30.7 Å². The Balaban J connectivity index is 1.27. The molecule has 0 spiro atoms. The summed E-state index contributed by atoms with van der Waals surface area (Å²) in [5.74, 6) is 1.12. The fourth-order valence-corrected chi connectivity index (χ4v) is 6.12. The quantitative estimate of drug-likeness (QED) is 0.434. The molecule has 196 valence electrons. The van der Waals surface area contributed by atoms with Crippen LogP contribution >= 0.6 is 0 Å². The number of nitrogens with zero attached hydrogens (tertiary/aromatic N) is 6. The molecule has 2 aliphatic heterocycles. The Morgan fingerprint density at radius 2 is 1.92 bits per heavy atom. The second-order valence-corrected chi connectivity index (χ2v) is 10.5. The summed E-state index contributed by atoms with van der Waals surface area (Å²) in [7, 11) is 0. The minimum Gasteiger partial charge on any atom is -0.478 e. The maximum absolute atomic E-state index is 12.9. The zero-order valence-electron chi connectivity index (χ0n) is 21.6. The molecule has 10 heteroatoms. The maximum atomic E-state index is 12.9. The number of aryl methyl sites for hydroxylation is 1. The third-order valence-electron chi connectivity index (χ3n) is 7.79. The van der Waals surface area contributed by atoms with Crippen LogP contribution < -0.4 is 5.32 Å². The summed E-state index contributed by atoms with van der Waals surface area (Å²) < 4.78 is 3.73. The monoisotopic (exact) mass is 505 g/mol. The summed E-state index contributed by atoms with van der Waals surface area (Å²) in [6, 6.07) is 11.2. The number of carbonyl (C=O) groups excluding carboxylic acids is 1. The molecule has 0 saturated carbocycles. The van der Waals surface area contributed by atoms with Gasteiger partial charge in [-0.2, -0.15) is 5.10 Å². The molecule has 37 heavy (non-hydrogen) atoms. The standard InChI is InChI=1S/C27H35N7O3/c1-17(2)26-31-30-18(3)34(26)24-13-21-9-10-23(24)33(21)12-11-22(19-7-5-4-6-8-19)29-25(35)16-32-15-20(14-28-32)27(36)37/h4-8,14-15,17,21-24H,9-13,16H2,1-3H3,(H,29,35)(H,36,37)/t21?,22-,23?,24?/m0/s1. The number of amides is 1. The Labute approximate surface area is 216 Å². The van der Waals surface area contributed by atoms with Gasteiger partial charge in [-0.15, -0.1) is 10.2 Å². The molecule has 10 nitrogen and oxygen atoms in total. The van der Waals surface area contributed by atoms with Crippen LogP contribution in [0.25, 0.3) is 0 Å². The first kappa shape index (κ1) is 25.1. The van der Waals surface area contributed by atoms with Gasteiger partial charge in [0.1, 0.15) is 18.2 Å². The van der Waals surface area contributed by atoms with Crippen molar-refractivity contribution in [2.45, 2.75) is 83.1 Å². The van der Waals surface area contributed by atoms with Gasteiger partial charge in [0.25, 0.3) is 0 Å². The number of carboxylic acid groups (broad SMARTS) is 1. The first-order chi connectivity index (χ1) is 17.8. The Bertz CT molecular complexity index is 1250. The second-order valence-electron chi connectivity index (χ2n) is 10.5. The summed E-state index contributed by atoms with van der Waals surface area (Å²) >= 11 is 0. The van der Waals surface area contributed by atoms with Crippen molar-refractivity contribution in [1.29, 1.82) is 0 Å². The highest BCUT2D eigenvalue weighted by atomic mass is 16.4. The van der Waals surface area contributed by atoms with E-state index in [1.54, 1.807) is 0 Å². The molecule has 2 N–H and O–H groups in total. The molecule has 0 aliphatic carbocycles. The number of carboxylic acids is 1. The SMILES string of the molecule is Cc1nnc(C(C)C)n1C1CC2CCC1N2CC[C@H](NC(=O)Cn1cc(C(=O)O)cn1)c1ccccc1. The molecule has 2 saturated heterocycles. The van der Waals surface area contributed by atoms with Crippen molar-refractivity contribution in [1.82, 2.24) is 34.8 Å². The van der Waals surface area contributed by atoms with E-state index in [1.807, 2.05) is 30.3 Å². The van der Waals surface area contributed by atoms with Crippen molar-refractivity contribution in [3.05, 3.63) is 65.5 Å². The molecule has 3 unspecified atom stereocenters. The van der Waals surface area contributed by atoms with Crippen molar-refractivity contribution in [3.63, 3.8) is 0 Å². The third kappa shape index (κ3) is 5.16. The van der Waals surface area contributed by atoms with Gasteiger partial charge in [-0.25, -0.2) is 4.79 Å². The van der Waals surface area contributed by atoms with Gasteiger partial charge in [-0.1, -0.05) is 44.2 Å². The topological polar surface area (TPSA) is 118 Å². The van der Waals surface area contributed by atoms with Crippen molar-refractivity contribution in [2.24, 2.45) is 0 Å². The van der Waals surface area contributed by atoms with Gasteiger partial charge in [-0.3, -0.25) is 14.4 Å². The Kier molecular flexibility index (Phi) is 7.10. The Hall–Kier alpha value is -3.53. The van der Waals surface area contributed by atoms with E-state index >= 15 is 0 Å². The first-order valence-electron chi connectivity index (χ1n) is 13.1. The number of aromatic nitrogens is 5. The number of rotatable bonds is 10. The first-order valence-corrected chi connectivity index (χ1v) is 13.1. The van der Waals surface area contributed by atoms with Crippen molar-refractivity contribution in [3.8, 4) is 0 Å². The summed E-state index contributed by atoms with van der Waals surface area (Å²) in [5.41, 5.74) is 1.12. The van der Waals surface area contributed by atoms with E-state index < -0.39 is 5.97 Å². The van der Waals surface area contributed by atoms with E-state index in [0.29, 0.717) is 24.0 Å². The van der Waals surface area contributed by atoms with E-state index in [0.717, 1.165) is 43.0 Å². The van der Waals surface area contributed by atoms with Crippen molar-refractivity contribution < 1.29 is 14.7 Å². The van der Waals surface area contributed by atoms with Crippen LogP contribution in [0, 0.1) is 6.92 Å². The number of hydrogen-bond acceptors (Lipinski definition) is 6. The zero-order chi connectivity index (χ0) is 26.1. The smallest absolute Gasteiger partial charge is 0.338 e. The van der Waals surface area contributed by atoms with Crippen molar-refractivity contribution in [2.75, 3.05) is 6.54 Å². The van der Waals surface area contributed by atoms with Crippen LogP contribution in [-0.2, 0) is 11.3 Å². The fourth-order valence-electron chi connectivity index (χ4n) is 6.12. The normalized spacial score (nSPS) is 22.0. The third-order valence-corrected chi connectivity index (χ3v) is 7.79. The highest BCUT2D eigenvalue weighted by Crippen LogP contribution is 2.45. The Morgan fingerprint density at radius 1 is 1.14 bits per heavy atom. The molecule has 0 radical (unpaired) electrons. The number of nitrogens with one attached hydrogen (secondary N) is 1. The lowest BCUT2D eigenvalue weighted by atomic mass is 9.94. The van der Waals surface area contributed by atoms with Crippen LogP contribution in [0.5, 0.6) is 0 Å². The van der Waals surface area contributed by atoms with Crippen LogP contribution in [0.1, 0.15) is 85.1 Å². The summed E-state index contributed by atoms with van der Waals surface area (Å²) in [5, 5.41) is 25.2. The van der Waals surface area contributed by atoms with Gasteiger partial charge in [0.2, 0.25) is 5.91 Å². The number of hydrogen-bond donors (Lipinski definition) is 2. The number of benzene rings is 1. The number of carbonyl (C=O) groups is 2. The highest BCUT2D eigenvalue weighted by Gasteiger charge is 2.47. The fraction of sp³-hybridized carbons (Fsp3) is 0.519. The minimum absolute atomic E-state index is 0.0292. The van der Waals surface area contributed by atoms with E-state index in [1.165, 1.54) is 23.5 Å². The van der Waals surface area contributed by atoms with E-state index in [2.05, 4.69) is 50.9 Å². The van der Waals surface area contributed by atoms with Crippen LogP contribution in [0.4, 0.5) is 0 Å². The van der Waals surface area contributed by atoms with Crippen LogP contribution in [0.3, 0.4) is 0 Å². The molecule has 1 amide bonds. The van der Waals surface area contributed by atoms with E-state index in [4.69, 9.17) is 5.11 Å². The molecule has 2 aliphatic rings. The van der Waals surface area contributed by atoms with Gasteiger partial charge < -0.3 is 15.0 Å². The van der Waals surface area contributed by atoms with Gasteiger partial charge >= 0.3 is 5.97 Å². The molecule has 2 aromatic heterocycles. The van der Waals surface area contributed by atoms with Gasteiger partial charge in [0.15, 0.2) is 0 Å². The lowest BCUT2D eigenvalue weighted by molar-refractivity contribution is -0.122. The average molecular weight is 506 g/mol. The summed E-state index contributed by atoms with van der Waals surface area (Å²) in [6.07, 6.45) is 6.89. The minimum atomic E-state index is -1.06. The van der Waals surface area contributed by atoms with Gasteiger partial charge in [0.05, 0.1) is 23.8 Å². The van der Waals surface area contributed by atoms with Gasteiger partial charge in [-0.05, 0) is 38.2 Å². The number of fused-ring (bicyclic) bond motifs is 2. The summed E-state index contributed by atoms with van der Waals surface area (Å²) in [6.45, 7) is 7.25. The van der Waals surface area contributed by atoms with E-state index in [9.17, 15) is 9.59 Å². The molecule has 3 aromatic rings. The maximum Gasteiger partial charge on any atom is 0.338 e. The summed E-state index contributed by atoms with van der Waals surface area (Å²) in [4.78, 5) is 26.7. The second kappa shape index (κ2) is 10.5. The molecule has 5 rings (SSSR count). The molecular formula is C27H35N7O3. The molecule has 2 bridgehead atoms. The van der Waals surface area contributed by atoms with Crippen LogP contribution in [-0.4, -0.2) is 65.1 Å². The predicted octanol–water partition coefficient (Wildman–Crippen LogP) is 3.33. The highest BCUT2D eigenvalue weighted by molar-refractivity contribution is 5.87. The number of aromatic carboxylic acids is 1. The molecular weight excluding hydrogens is 470 g/mol. The predicted molar refractivity (Wildman–Crippen MR) is 137 cm³/mol. The Morgan fingerprint density at radius 3 is 2.62 bits per heavy atom. The zero-order valence-corrected chi connectivity index (χ0v) is 21.6. The van der Waals surface area contributed by atoms with E-state index in [-0.39, 0.29) is 24.1 Å². The van der Waals surface area contributed by atoms with Crippen LogP contribution in [0.2, 0.25) is 0 Å². The van der Waals surface area contributed by atoms with Crippen molar-refractivity contribution >= 4 is 11.9 Å². The molecule has 4 atom stereocenters. The molecule has 1 aromatic carbocycles. The molecule has 4 heterocycles. The largest absolute Gasteiger partial charge is 0.478 e. The van der Waals surface area contributed by atoms with Crippen LogP contribution in [0.15, 0.2) is 42.7 Å². The lowest BCUT2D eigenvalue weighted by Gasteiger charge is -2.28. The molecule has 2 fully saturated rings.